The lowest BCUT2D eigenvalue weighted by Crippen LogP contribution is -2.53. The van der Waals surface area contributed by atoms with Crippen LogP contribution in [-0.2, 0) is 14.8 Å². The molecule has 2 unspecified atom stereocenters. The zero-order valence-electron chi connectivity index (χ0n) is 15.2. The number of aliphatic imine (C=N–C) groups is 1. The Balaban J connectivity index is 1.89. The second-order valence-corrected chi connectivity index (χ2v) is 8.53. The van der Waals surface area contributed by atoms with Gasteiger partial charge in [0.15, 0.2) is 0 Å². The Labute approximate surface area is 154 Å². The smallest absolute Gasteiger partial charge is 0.263 e. The molecule has 0 aromatic heterocycles. The highest BCUT2D eigenvalue weighted by Gasteiger charge is 2.33. The molecule has 1 aromatic rings. The molecule has 2 atom stereocenters. The number of piperazine rings is 1. The number of carbonyl (C=O) groups is 1. The molecule has 8 heteroatoms. The van der Waals surface area contributed by atoms with E-state index in [1.807, 2.05) is 11.8 Å². The standard InChI is InChI=1S/C18H26N4O3S/c1-3-4-8-15(18(23)22-11-10-19-13(2)12-22)20-17-14-7-5-6-9-16(14)26(24,25)21-17/h5-7,9,13,15,19H,3-4,8,10-12H2,1-2H3,(H,20,21). The van der Waals surface area contributed by atoms with E-state index in [1.165, 1.54) is 0 Å². The number of amidine groups is 1. The van der Waals surface area contributed by atoms with E-state index in [2.05, 4.69) is 22.0 Å². The van der Waals surface area contributed by atoms with Crippen LogP contribution in [0.3, 0.4) is 0 Å². The maximum atomic E-state index is 13.0. The SMILES string of the molecule is CCCCC(N=C1NS(=O)(=O)c2ccccc21)C(=O)N1CCNC(C)C1. The highest BCUT2D eigenvalue weighted by Crippen LogP contribution is 2.23. The van der Waals surface area contributed by atoms with Crippen LogP contribution < -0.4 is 10.0 Å². The van der Waals surface area contributed by atoms with E-state index < -0.39 is 16.1 Å². The third-order valence-electron chi connectivity index (χ3n) is 4.74. The summed E-state index contributed by atoms with van der Waals surface area (Å²) in [7, 11) is -3.60. The van der Waals surface area contributed by atoms with E-state index >= 15 is 0 Å². The predicted octanol–water partition coefficient (Wildman–Crippen LogP) is 1.10. The lowest BCUT2D eigenvalue weighted by atomic mass is 10.1. The largest absolute Gasteiger partial charge is 0.338 e. The first-order valence-electron chi connectivity index (χ1n) is 9.14. The average molecular weight is 378 g/mol. The van der Waals surface area contributed by atoms with Crippen LogP contribution in [0.4, 0.5) is 0 Å². The first-order valence-corrected chi connectivity index (χ1v) is 10.6. The van der Waals surface area contributed by atoms with Gasteiger partial charge in [0.25, 0.3) is 10.0 Å². The van der Waals surface area contributed by atoms with E-state index in [0.717, 1.165) is 19.4 Å². The van der Waals surface area contributed by atoms with Crippen molar-refractivity contribution in [3.8, 4) is 0 Å². The number of unbranched alkanes of at least 4 members (excludes halogenated alkanes) is 1. The Morgan fingerprint density at radius 2 is 2.15 bits per heavy atom. The number of fused-ring (bicyclic) bond motifs is 1. The Bertz CT molecular complexity index is 806. The second kappa shape index (κ2) is 7.75. The van der Waals surface area contributed by atoms with Crippen molar-refractivity contribution in [2.45, 2.75) is 50.1 Å². The number of sulfonamides is 1. The number of nitrogens with one attached hydrogen (secondary N) is 2. The minimum absolute atomic E-state index is 0.0251. The zero-order valence-corrected chi connectivity index (χ0v) is 16.1. The summed E-state index contributed by atoms with van der Waals surface area (Å²) in [6, 6.07) is 6.42. The van der Waals surface area contributed by atoms with Crippen LogP contribution in [0.2, 0.25) is 0 Å². The minimum atomic E-state index is -3.60. The zero-order chi connectivity index (χ0) is 18.7. The van der Waals surface area contributed by atoms with Gasteiger partial charge >= 0.3 is 0 Å². The van der Waals surface area contributed by atoms with Crippen LogP contribution in [0, 0.1) is 0 Å². The molecule has 0 bridgehead atoms. The molecule has 2 aliphatic heterocycles. The molecular weight excluding hydrogens is 352 g/mol. The van der Waals surface area contributed by atoms with E-state index in [0.29, 0.717) is 25.1 Å². The Morgan fingerprint density at radius 1 is 1.38 bits per heavy atom. The first-order chi connectivity index (χ1) is 12.4. The predicted molar refractivity (Wildman–Crippen MR) is 101 cm³/mol. The van der Waals surface area contributed by atoms with Crippen molar-refractivity contribution in [1.82, 2.24) is 14.9 Å². The Kier molecular flexibility index (Phi) is 5.62. The van der Waals surface area contributed by atoms with Crippen molar-refractivity contribution in [2.75, 3.05) is 19.6 Å². The van der Waals surface area contributed by atoms with Crippen molar-refractivity contribution < 1.29 is 13.2 Å². The van der Waals surface area contributed by atoms with Gasteiger partial charge in [0.2, 0.25) is 5.91 Å². The van der Waals surface area contributed by atoms with E-state index in [-0.39, 0.29) is 22.7 Å². The number of carbonyl (C=O) groups excluding carboxylic acids is 1. The molecule has 3 rings (SSSR count). The molecule has 142 valence electrons. The molecule has 2 N–H and O–H groups in total. The van der Waals surface area contributed by atoms with Gasteiger partial charge in [-0.05, 0) is 25.5 Å². The number of hydrogen-bond acceptors (Lipinski definition) is 5. The van der Waals surface area contributed by atoms with Crippen LogP contribution in [0.15, 0.2) is 34.2 Å². The number of benzene rings is 1. The van der Waals surface area contributed by atoms with Gasteiger partial charge in [-0.3, -0.25) is 14.5 Å². The van der Waals surface area contributed by atoms with Gasteiger partial charge in [0, 0.05) is 31.2 Å². The molecule has 0 radical (unpaired) electrons. The number of nitrogens with zero attached hydrogens (tertiary/aromatic N) is 2. The number of amides is 1. The van der Waals surface area contributed by atoms with E-state index in [9.17, 15) is 13.2 Å². The van der Waals surface area contributed by atoms with Crippen molar-refractivity contribution in [1.29, 1.82) is 0 Å². The lowest BCUT2D eigenvalue weighted by Gasteiger charge is -2.33. The molecule has 0 aliphatic carbocycles. The van der Waals surface area contributed by atoms with Crippen molar-refractivity contribution >= 4 is 21.8 Å². The summed E-state index contributed by atoms with van der Waals surface area (Å²) in [6.07, 6.45) is 2.43. The van der Waals surface area contributed by atoms with Gasteiger partial charge in [0.1, 0.15) is 11.9 Å². The van der Waals surface area contributed by atoms with Crippen molar-refractivity contribution in [2.24, 2.45) is 4.99 Å². The van der Waals surface area contributed by atoms with Crippen LogP contribution in [-0.4, -0.2) is 56.8 Å². The number of rotatable bonds is 5. The van der Waals surface area contributed by atoms with Crippen molar-refractivity contribution in [3.63, 3.8) is 0 Å². The quantitative estimate of drug-likeness (QED) is 0.803. The van der Waals surface area contributed by atoms with Gasteiger partial charge < -0.3 is 10.2 Å². The third kappa shape index (κ3) is 3.91. The van der Waals surface area contributed by atoms with Crippen LogP contribution in [0.25, 0.3) is 0 Å². The fraction of sp³-hybridized carbons (Fsp3) is 0.556. The molecule has 7 nitrogen and oxygen atoms in total. The summed E-state index contributed by atoms with van der Waals surface area (Å²) in [4.78, 5) is 19.6. The lowest BCUT2D eigenvalue weighted by molar-refractivity contribution is -0.133. The second-order valence-electron chi connectivity index (χ2n) is 6.88. The highest BCUT2D eigenvalue weighted by atomic mass is 32.2. The van der Waals surface area contributed by atoms with Gasteiger partial charge in [-0.2, -0.15) is 0 Å². The maximum Gasteiger partial charge on any atom is 0.263 e. The Morgan fingerprint density at radius 3 is 2.88 bits per heavy atom. The van der Waals surface area contributed by atoms with Crippen LogP contribution in [0.1, 0.15) is 38.7 Å². The van der Waals surface area contributed by atoms with Gasteiger partial charge in [-0.25, -0.2) is 8.42 Å². The van der Waals surface area contributed by atoms with Gasteiger partial charge in [0.05, 0.1) is 4.90 Å². The molecule has 1 amide bonds. The molecule has 0 spiro atoms. The highest BCUT2D eigenvalue weighted by molar-refractivity contribution is 7.90. The molecule has 0 saturated carbocycles. The normalized spacial score (nSPS) is 24.2. The van der Waals surface area contributed by atoms with Gasteiger partial charge in [-0.1, -0.05) is 31.9 Å². The average Bonchev–Trinajstić information content (AvgIpc) is 2.89. The Hall–Kier alpha value is -1.93. The number of hydrogen-bond donors (Lipinski definition) is 2. The van der Waals surface area contributed by atoms with Crippen LogP contribution >= 0.6 is 0 Å². The van der Waals surface area contributed by atoms with Crippen LogP contribution in [0.5, 0.6) is 0 Å². The molecule has 2 heterocycles. The molecule has 26 heavy (non-hydrogen) atoms. The topological polar surface area (TPSA) is 90.9 Å². The fourth-order valence-corrected chi connectivity index (χ4v) is 4.61. The van der Waals surface area contributed by atoms with Gasteiger partial charge in [-0.15, -0.1) is 0 Å². The monoisotopic (exact) mass is 378 g/mol. The van der Waals surface area contributed by atoms with E-state index in [1.54, 1.807) is 24.3 Å². The third-order valence-corrected chi connectivity index (χ3v) is 6.14. The summed E-state index contributed by atoms with van der Waals surface area (Å²) in [5.41, 5.74) is 0.537. The molecular formula is C18H26N4O3S. The summed E-state index contributed by atoms with van der Waals surface area (Å²) in [5, 5.41) is 3.32. The molecule has 1 fully saturated rings. The van der Waals surface area contributed by atoms with Crippen molar-refractivity contribution in [3.05, 3.63) is 29.8 Å². The first kappa shape index (κ1) is 18.8. The molecule has 2 aliphatic rings. The fourth-order valence-electron chi connectivity index (χ4n) is 3.37. The summed E-state index contributed by atoms with van der Waals surface area (Å²) >= 11 is 0. The minimum Gasteiger partial charge on any atom is -0.338 e. The van der Waals surface area contributed by atoms with E-state index in [4.69, 9.17) is 0 Å². The summed E-state index contributed by atoms with van der Waals surface area (Å²) < 4.78 is 27.1. The maximum absolute atomic E-state index is 13.0. The summed E-state index contributed by atoms with van der Waals surface area (Å²) in [5.74, 6) is 0.251. The molecule has 1 saturated heterocycles. The molecule has 1 aromatic carbocycles. The summed E-state index contributed by atoms with van der Waals surface area (Å²) in [6.45, 7) is 6.18.